The van der Waals surface area contributed by atoms with Gasteiger partial charge in [0.15, 0.2) is 5.76 Å². The lowest BCUT2D eigenvalue weighted by molar-refractivity contribution is -0.147. The van der Waals surface area contributed by atoms with E-state index in [2.05, 4.69) is 20.8 Å². The maximum Gasteiger partial charge on any atom is 0.343 e. The van der Waals surface area contributed by atoms with Gasteiger partial charge in [0.2, 0.25) is 5.89 Å². The van der Waals surface area contributed by atoms with Crippen LogP contribution in [0.3, 0.4) is 0 Å². The molecule has 2 amide bonds. The van der Waals surface area contributed by atoms with Gasteiger partial charge in [0.05, 0.1) is 7.11 Å². The zero-order valence-corrected chi connectivity index (χ0v) is 21.8. The zero-order chi connectivity index (χ0) is 27.0. The number of hydroxylamine groups is 2. The normalized spacial score (nSPS) is 15.4. The topological polar surface area (TPSA) is 116 Å². The second-order valence-electron chi connectivity index (χ2n) is 10.4. The highest BCUT2D eigenvalue weighted by molar-refractivity contribution is 5.83. The van der Waals surface area contributed by atoms with E-state index in [-0.39, 0.29) is 37.2 Å². The van der Waals surface area contributed by atoms with Gasteiger partial charge in [0.1, 0.15) is 16.9 Å². The van der Waals surface area contributed by atoms with E-state index in [1.807, 2.05) is 48.5 Å². The van der Waals surface area contributed by atoms with Gasteiger partial charge in [0.25, 0.3) is 0 Å². The van der Waals surface area contributed by atoms with Crippen LogP contribution in [0.5, 0.6) is 5.75 Å². The van der Waals surface area contributed by atoms with E-state index in [0.29, 0.717) is 22.3 Å². The van der Waals surface area contributed by atoms with Gasteiger partial charge in [0, 0.05) is 31.3 Å². The predicted molar refractivity (Wildman–Crippen MR) is 138 cm³/mol. The fourth-order valence-electron chi connectivity index (χ4n) is 4.59. The largest absolute Gasteiger partial charge is 0.497 e. The van der Waals surface area contributed by atoms with Crippen LogP contribution in [-0.2, 0) is 15.6 Å². The molecule has 1 saturated heterocycles. The summed E-state index contributed by atoms with van der Waals surface area (Å²) in [6.45, 7) is 6.71. The first kappa shape index (κ1) is 26.2. The van der Waals surface area contributed by atoms with Crippen molar-refractivity contribution in [3.8, 4) is 28.3 Å². The molecule has 0 radical (unpaired) electrons. The summed E-state index contributed by atoms with van der Waals surface area (Å²) in [4.78, 5) is 31.0. The van der Waals surface area contributed by atoms with Crippen molar-refractivity contribution >= 4 is 12.0 Å². The molecule has 0 unspecified atom stereocenters. The highest BCUT2D eigenvalue weighted by Crippen LogP contribution is 2.42. The molecule has 1 aromatic heterocycles. The number of rotatable bonds is 5. The van der Waals surface area contributed by atoms with Crippen LogP contribution in [-0.4, -0.2) is 64.5 Å². The van der Waals surface area contributed by atoms with Gasteiger partial charge in [-0.15, -0.1) is 0 Å². The summed E-state index contributed by atoms with van der Waals surface area (Å²) in [5, 5.41) is 20.3. The first-order chi connectivity index (χ1) is 17.5. The third kappa shape index (κ3) is 5.04. The van der Waals surface area contributed by atoms with Crippen LogP contribution in [0.15, 0.2) is 52.9 Å². The number of hydrogen-bond acceptors (Lipinski definition) is 6. The number of urea groups is 1. The standard InChI is InChI=1S/C28H33N3O6/c1-27(2,3)20-10-6-19(7-11-20)23-22(18-8-12-21(36-5)13-9-18)29-24(37-23)28(25(32)33)14-16-31(17-15-28)26(34)30(4)35/h6-13,35H,14-17H2,1-5H3,(H,32,33). The highest BCUT2D eigenvalue weighted by atomic mass is 16.5. The SMILES string of the molecule is COc1ccc(-c2nc(C3(C(=O)O)CCN(C(=O)N(C)O)CC3)oc2-c2ccc(C(C)(C)C)cc2)cc1. The Morgan fingerprint density at radius 3 is 2.08 bits per heavy atom. The fourth-order valence-corrected chi connectivity index (χ4v) is 4.59. The summed E-state index contributed by atoms with van der Waals surface area (Å²) < 4.78 is 11.6. The Hall–Kier alpha value is -3.85. The van der Waals surface area contributed by atoms with Crippen LogP contribution >= 0.6 is 0 Å². The Balaban J connectivity index is 1.79. The van der Waals surface area contributed by atoms with Gasteiger partial charge in [-0.3, -0.25) is 10.0 Å². The van der Waals surface area contributed by atoms with E-state index in [4.69, 9.17) is 14.1 Å². The summed E-state index contributed by atoms with van der Waals surface area (Å²) in [6.07, 6.45) is 0.208. The van der Waals surface area contributed by atoms with Gasteiger partial charge in [-0.05, 0) is 48.1 Å². The molecule has 0 bridgehead atoms. The number of aliphatic carboxylic acids is 1. The Bertz CT molecular complexity index is 1260. The summed E-state index contributed by atoms with van der Waals surface area (Å²) in [7, 11) is 2.83. The van der Waals surface area contributed by atoms with Crippen molar-refractivity contribution in [2.45, 2.75) is 44.4 Å². The number of aromatic nitrogens is 1. The molecule has 2 heterocycles. The van der Waals surface area contributed by atoms with E-state index in [0.717, 1.165) is 16.7 Å². The number of nitrogens with zero attached hydrogens (tertiary/aromatic N) is 3. The minimum Gasteiger partial charge on any atom is -0.497 e. The fraction of sp³-hybridized carbons (Fsp3) is 0.393. The van der Waals surface area contributed by atoms with E-state index in [9.17, 15) is 19.9 Å². The minimum atomic E-state index is -1.41. The smallest absolute Gasteiger partial charge is 0.343 e. The Morgan fingerprint density at radius 1 is 1.03 bits per heavy atom. The molecular weight excluding hydrogens is 474 g/mol. The molecule has 9 nitrogen and oxygen atoms in total. The Morgan fingerprint density at radius 2 is 1.59 bits per heavy atom. The molecule has 0 spiro atoms. The molecule has 2 aromatic carbocycles. The van der Waals surface area contributed by atoms with Crippen LogP contribution in [0.4, 0.5) is 4.79 Å². The van der Waals surface area contributed by atoms with Crippen molar-refractivity contribution in [2.75, 3.05) is 27.2 Å². The quantitative estimate of drug-likeness (QED) is 0.361. The third-order valence-electron chi connectivity index (χ3n) is 6.99. The second-order valence-corrected chi connectivity index (χ2v) is 10.4. The molecule has 0 atom stereocenters. The van der Waals surface area contributed by atoms with Crippen molar-refractivity contribution in [1.29, 1.82) is 0 Å². The molecule has 4 rings (SSSR count). The van der Waals surface area contributed by atoms with Crippen LogP contribution in [0.1, 0.15) is 45.1 Å². The number of carbonyl (C=O) groups is 2. The van der Waals surface area contributed by atoms with Crippen LogP contribution in [0.25, 0.3) is 22.6 Å². The number of ether oxygens (including phenoxy) is 1. The number of amides is 2. The van der Waals surface area contributed by atoms with Gasteiger partial charge < -0.3 is 19.2 Å². The van der Waals surface area contributed by atoms with E-state index >= 15 is 0 Å². The van der Waals surface area contributed by atoms with E-state index < -0.39 is 17.4 Å². The van der Waals surface area contributed by atoms with Crippen LogP contribution in [0.2, 0.25) is 0 Å². The molecule has 37 heavy (non-hydrogen) atoms. The average molecular weight is 508 g/mol. The van der Waals surface area contributed by atoms with Crippen molar-refractivity contribution in [3.63, 3.8) is 0 Å². The molecular formula is C28H33N3O6. The first-order valence-electron chi connectivity index (χ1n) is 12.2. The number of piperidine rings is 1. The number of benzene rings is 2. The molecule has 0 aliphatic carbocycles. The lowest BCUT2D eigenvalue weighted by Crippen LogP contribution is -2.51. The molecule has 1 aliphatic rings. The number of hydrogen-bond donors (Lipinski definition) is 2. The molecule has 1 aliphatic heterocycles. The first-order valence-corrected chi connectivity index (χ1v) is 12.2. The molecule has 9 heteroatoms. The highest BCUT2D eigenvalue weighted by Gasteiger charge is 2.49. The van der Waals surface area contributed by atoms with E-state index in [1.165, 1.54) is 11.9 Å². The van der Waals surface area contributed by atoms with Crippen molar-refractivity contribution < 1.29 is 29.1 Å². The second kappa shape index (κ2) is 9.89. The molecule has 0 saturated carbocycles. The van der Waals surface area contributed by atoms with Crippen molar-refractivity contribution in [2.24, 2.45) is 0 Å². The number of likely N-dealkylation sites (tertiary alicyclic amines) is 1. The van der Waals surface area contributed by atoms with E-state index in [1.54, 1.807) is 7.11 Å². The maximum atomic E-state index is 12.6. The molecule has 1 fully saturated rings. The number of carboxylic acid groups (broad SMARTS) is 1. The van der Waals surface area contributed by atoms with Gasteiger partial charge in [-0.1, -0.05) is 45.0 Å². The Kier molecular flexibility index (Phi) is 7.01. The van der Waals surface area contributed by atoms with Crippen molar-refractivity contribution in [1.82, 2.24) is 14.9 Å². The van der Waals surface area contributed by atoms with Gasteiger partial charge in [-0.2, -0.15) is 0 Å². The summed E-state index contributed by atoms with van der Waals surface area (Å²) in [5.74, 6) is 0.213. The lowest BCUT2D eigenvalue weighted by Gasteiger charge is -2.37. The van der Waals surface area contributed by atoms with Gasteiger partial charge in [-0.25, -0.2) is 14.8 Å². The van der Waals surface area contributed by atoms with Gasteiger partial charge >= 0.3 is 12.0 Å². The average Bonchev–Trinajstić information content (AvgIpc) is 3.33. The zero-order valence-electron chi connectivity index (χ0n) is 21.8. The molecule has 196 valence electrons. The number of carboxylic acids is 1. The number of carbonyl (C=O) groups excluding carboxylic acids is 1. The molecule has 2 N–H and O–H groups in total. The third-order valence-corrected chi connectivity index (χ3v) is 6.99. The summed E-state index contributed by atoms with van der Waals surface area (Å²) in [5.41, 5.74) is 1.82. The summed E-state index contributed by atoms with van der Waals surface area (Å²) in [6, 6.07) is 14.8. The minimum absolute atomic E-state index is 0.0225. The maximum absolute atomic E-state index is 12.6. The summed E-state index contributed by atoms with van der Waals surface area (Å²) >= 11 is 0. The molecule has 3 aromatic rings. The monoisotopic (exact) mass is 507 g/mol. The predicted octanol–water partition coefficient (Wildman–Crippen LogP) is 5.17. The Labute approximate surface area is 216 Å². The van der Waals surface area contributed by atoms with Crippen LogP contribution in [0, 0.1) is 0 Å². The lowest BCUT2D eigenvalue weighted by atomic mass is 9.78. The number of oxazole rings is 1. The van der Waals surface area contributed by atoms with Crippen LogP contribution < -0.4 is 4.74 Å². The van der Waals surface area contributed by atoms with Crippen molar-refractivity contribution in [3.05, 3.63) is 60.0 Å². The number of methoxy groups -OCH3 is 1.